The molecule has 1 atom stereocenters. The van der Waals surface area contributed by atoms with E-state index in [-0.39, 0.29) is 0 Å². The molecule has 0 saturated carbocycles. The van der Waals surface area contributed by atoms with Crippen LogP contribution in [-0.2, 0) is 11.2 Å². The van der Waals surface area contributed by atoms with Gasteiger partial charge in [-0.3, -0.25) is 4.79 Å². The third-order valence-corrected chi connectivity index (χ3v) is 3.92. The maximum absolute atomic E-state index is 11.5. The van der Waals surface area contributed by atoms with Crippen molar-refractivity contribution < 1.29 is 9.90 Å². The number of carbonyl (C=O) groups is 1. The van der Waals surface area contributed by atoms with Crippen LogP contribution in [0.2, 0.25) is 0 Å². The molecule has 0 amide bonds. The summed E-state index contributed by atoms with van der Waals surface area (Å²) in [7, 11) is 0. The van der Waals surface area contributed by atoms with Crippen LogP contribution in [0.3, 0.4) is 0 Å². The Balaban J connectivity index is 2.26. The summed E-state index contributed by atoms with van der Waals surface area (Å²) < 4.78 is 1.89. The zero-order valence-corrected chi connectivity index (χ0v) is 13.2. The largest absolute Gasteiger partial charge is 0.481 e. The van der Waals surface area contributed by atoms with Gasteiger partial charge in [0.25, 0.3) is 0 Å². The third-order valence-electron chi connectivity index (χ3n) is 2.90. The number of hydrogen-bond donors (Lipinski definition) is 1. The molecule has 0 fully saturated rings. The van der Waals surface area contributed by atoms with E-state index in [1.165, 1.54) is 0 Å². The maximum Gasteiger partial charge on any atom is 0.311 e. The molecule has 2 nitrogen and oxygen atoms in total. The Morgan fingerprint density at radius 1 is 1.05 bits per heavy atom. The van der Waals surface area contributed by atoms with E-state index >= 15 is 0 Å². The fourth-order valence-electron chi connectivity index (χ4n) is 1.93. The Hall–Kier alpha value is -1.13. The summed E-state index contributed by atoms with van der Waals surface area (Å²) in [6, 6.07) is 15.2. The highest BCUT2D eigenvalue weighted by Gasteiger charge is 2.20. The molecule has 1 unspecified atom stereocenters. The molecule has 2 aromatic carbocycles. The molecule has 0 aliphatic heterocycles. The average Bonchev–Trinajstić information content (AvgIpc) is 2.37. The lowest BCUT2D eigenvalue weighted by atomic mass is 9.92. The zero-order valence-electron chi connectivity index (χ0n) is 10.0. The minimum absolute atomic E-state index is 0.485. The van der Waals surface area contributed by atoms with Crippen molar-refractivity contribution in [2.24, 2.45) is 0 Å². The molecule has 98 valence electrons. The van der Waals surface area contributed by atoms with E-state index in [1.807, 2.05) is 48.5 Å². The summed E-state index contributed by atoms with van der Waals surface area (Å²) in [6.45, 7) is 0. The van der Waals surface area contributed by atoms with Crippen molar-refractivity contribution in [3.8, 4) is 0 Å². The van der Waals surface area contributed by atoms with Crippen LogP contribution >= 0.6 is 31.9 Å². The molecule has 0 aromatic heterocycles. The smallest absolute Gasteiger partial charge is 0.311 e. The predicted octanol–water partition coefficient (Wildman–Crippen LogP) is 4.62. The number of benzene rings is 2. The van der Waals surface area contributed by atoms with Gasteiger partial charge in [0.1, 0.15) is 0 Å². The van der Waals surface area contributed by atoms with Crippen molar-refractivity contribution in [2.75, 3.05) is 0 Å². The second-order valence-electron chi connectivity index (χ2n) is 4.28. The SMILES string of the molecule is O=C(O)C(Cc1ccc(Br)cc1)c1cccc(Br)c1. The van der Waals surface area contributed by atoms with E-state index in [2.05, 4.69) is 31.9 Å². The minimum atomic E-state index is -0.805. The first-order valence-electron chi connectivity index (χ1n) is 5.79. The van der Waals surface area contributed by atoms with Crippen molar-refractivity contribution in [2.45, 2.75) is 12.3 Å². The van der Waals surface area contributed by atoms with E-state index in [0.29, 0.717) is 6.42 Å². The molecule has 0 bridgehead atoms. The van der Waals surface area contributed by atoms with Gasteiger partial charge in [0, 0.05) is 8.95 Å². The summed E-state index contributed by atoms with van der Waals surface area (Å²) in [5.74, 6) is -1.33. The van der Waals surface area contributed by atoms with Crippen LogP contribution in [0.4, 0.5) is 0 Å². The Morgan fingerprint density at radius 2 is 1.74 bits per heavy atom. The standard InChI is InChI=1S/C15H12Br2O2/c16-12-6-4-10(5-7-12)8-14(15(18)19)11-2-1-3-13(17)9-11/h1-7,9,14H,8H2,(H,18,19). The quantitative estimate of drug-likeness (QED) is 0.836. The van der Waals surface area contributed by atoms with Crippen LogP contribution in [0.5, 0.6) is 0 Å². The lowest BCUT2D eigenvalue weighted by Gasteiger charge is -2.13. The molecule has 0 heterocycles. The van der Waals surface area contributed by atoms with Gasteiger partial charge in [0.05, 0.1) is 5.92 Å². The molecule has 0 saturated heterocycles. The first-order chi connectivity index (χ1) is 9.06. The Bertz CT molecular complexity index is 579. The fourth-order valence-corrected chi connectivity index (χ4v) is 2.61. The van der Waals surface area contributed by atoms with E-state index in [0.717, 1.165) is 20.1 Å². The molecule has 4 heteroatoms. The van der Waals surface area contributed by atoms with Gasteiger partial charge >= 0.3 is 5.97 Å². The number of carboxylic acid groups (broad SMARTS) is 1. The van der Waals surface area contributed by atoms with Crippen LogP contribution < -0.4 is 0 Å². The number of aliphatic carboxylic acids is 1. The van der Waals surface area contributed by atoms with Gasteiger partial charge in [-0.1, -0.05) is 56.1 Å². The lowest BCUT2D eigenvalue weighted by molar-refractivity contribution is -0.138. The lowest BCUT2D eigenvalue weighted by Crippen LogP contribution is -2.14. The average molecular weight is 384 g/mol. The van der Waals surface area contributed by atoms with Gasteiger partial charge in [0.15, 0.2) is 0 Å². The number of rotatable bonds is 4. The number of hydrogen-bond acceptors (Lipinski definition) is 1. The molecular formula is C15H12Br2O2. The van der Waals surface area contributed by atoms with Crippen molar-refractivity contribution in [3.05, 3.63) is 68.6 Å². The summed E-state index contributed by atoms with van der Waals surface area (Å²) >= 11 is 6.75. The zero-order chi connectivity index (χ0) is 13.8. The highest BCUT2D eigenvalue weighted by atomic mass is 79.9. The maximum atomic E-state index is 11.5. The Morgan fingerprint density at radius 3 is 2.32 bits per heavy atom. The highest BCUT2D eigenvalue weighted by Crippen LogP contribution is 2.24. The first kappa shape index (κ1) is 14.3. The predicted molar refractivity (Wildman–Crippen MR) is 82.4 cm³/mol. The topological polar surface area (TPSA) is 37.3 Å². The van der Waals surface area contributed by atoms with Gasteiger partial charge in [-0.2, -0.15) is 0 Å². The number of halogens is 2. The second-order valence-corrected chi connectivity index (χ2v) is 6.11. The van der Waals surface area contributed by atoms with Crippen LogP contribution in [0.15, 0.2) is 57.5 Å². The molecule has 2 aromatic rings. The molecule has 0 spiro atoms. The van der Waals surface area contributed by atoms with E-state index in [1.54, 1.807) is 0 Å². The van der Waals surface area contributed by atoms with Crippen molar-refractivity contribution in [1.82, 2.24) is 0 Å². The van der Waals surface area contributed by atoms with Gasteiger partial charge in [-0.15, -0.1) is 0 Å². The molecule has 19 heavy (non-hydrogen) atoms. The van der Waals surface area contributed by atoms with E-state index in [4.69, 9.17) is 0 Å². The summed E-state index contributed by atoms with van der Waals surface area (Å²) in [4.78, 5) is 11.5. The normalized spacial score (nSPS) is 12.1. The van der Waals surface area contributed by atoms with Gasteiger partial charge in [0.2, 0.25) is 0 Å². The van der Waals surface area contributed by atoms with Crippen LogP contribution in [0, 0.1) is 0 Å². The van der Waals surface area contributed by atoms with Gasteiger partial charge < -0.3 is 5.11 Å². The summed E-state index contributed by atoms with van der Waals surface area (Å²) in [5, 5.41) is 9.41. The number of carboxylic acids is 1. The van der Waals surface area contributed by atoms with E-state index < -0.39 is 11.9 Å². The monoisotopic (exact) mass is 382 g/mol. The molecule has 2 rings (SSSR count). The minimum Gasteiger partial charge on any atom is -0.481 e. The third kappa shape index (κ3) is 3.91. The van der Waals surface area contributed by atoms with Crippen LogP contribution in [0.25, 0.3) is 0 Å². The second kappa shape index (κ2) is 6.35. The molecule has 0 aliphatic carbocycles. The molecule has 0 radical (unpaired) electrons. The van der Waals surface area contributed by atoms with Crippen LogP contribution in [-0.4, -0.2) is 11.1 Å². The van der Waals surface area contributed by atoms with Crippen molar-refractivity contribution >= 4 is 37.8 Å². The van der Waals surface area contributed by atoms with Gasteiger partial charge in [-0.05, 0) is 41.8 Å². The molecular weight excluding hydrogens is 372 g/mol. The first-order valence-corrected chi connectivity index (χ1v) is 7.37. The Labute approximate surface area is 128 Å². The van der Waals surface area contributed by atoms with E-state index in [9.17, 15) is 9.90 Å². The summed E-state index contributed by atoms with van der Waals surface area (Å²) in [5.41, 5.74) is 1.82. The molecule has 1 N–H and O–H groups in total. The van der Waals surface area contributed by atoms with Gasteiger partial charge in [-0.25, -0.2) is 0 Å². The van der Waals surface area contributed by atoms with Crippen molar-refractivity contribution in [3.63, 3.8) is 0 Å². The van der Waals surface area contributed by atoms with Crippen LogP contribution in [0.1, 0.15) is 17.0 Å². The fraction of sp³-hybridized carbons (Fsp3) is 0.133. The highest BCUT2D eigenvalue weighted by molar-refractivity contribution is 9.10. The molecule has 0 aliphatic rings. The Kier molecular flexibility index (Phi) is 4.77. The van der Waals surface area contributed by atoms with Crippen molar-refractivity contribution in [1.29, 1.82) is 0 Å². The summed E-state index contributed by atoms with van der Waals surface area (Å²) in [6.07, 6.45) is 0.485.